The summed E-state index contributed by atoms with van der Waals surface area (Å²) >= 11 is 0. The molecule has 0 saturated carbocycles. The molecule has 1 saturated heterocycles. The summed E-state index contributed by atoms with van der Waals surface area (Å²) in [6.07, 6.45) is 1.13. The number of nitro groups is 1. The first kappa shape index (κ1) is 17.4. The summed E-state index contributed by atoms with van der Waals surface area (Å²) < 4.78 is 0. The topological polar surface area (TPSA) is 89.5 Å². The van der Waals surface area contributed by atoms with Gasteiger partial charge in [0.2, 0.25) is 5.91 Å². The van der Waals surface area contributed by atoms with Crippen LogP contribution in [0.25, 0.3) is 0 Å². The number of carbonyl (C=O) groups is 1. The molecule has 0 radical (unpaired) electrons. The summed E-state index contributed by atoms with van der Waals surface area (Å²) in [5.74, 6) is 0.369. The SMILES string of the molecule is CC1CC(CN)CN1C(=O)Cc1cccc([N+](=O)[O-])c1.Cl. The monoisotopic (exact) mass is 313 g/mol. The summed E-state index contributed by atoms with van der Waals surface area (Å²) in [5.41, 5.74) is 6.34. The van der Waals surface area contributed by atoms with Gasteiger partial charge in [-0.15, -0.1) is 12.4 Å². The molecule has 0 aromatic heterocycles. The Kier molecular flexibility index (Phi) is 6.11. The smallest absolute Gasteiger partial charge is 0.269 e. The van der Waals surface area contributed by atoms with Gasteiger partial charge in [-0.25, -0.2) is 0 Å². The first-order valence-corrected chi connectivity index (χ1v) is 6.74. The van der Waals surface area contributed by atoms with Crippen LogP contribution in [-0.2, 0) is 11.2 Å². The van der Waals surface area contributed by atoms with E-state index in [1.165, 1.54) is 12.1 Å². The highest BCUT2D eigenvalue weighted by Gasteiger charge is 2.31. The zero-order chi connectivity index (χ0) is 14.7. The number of hydrogen-bond acceptors (Lipinski definition) is 4. The van der Waals surface area contributed by atoms with Gasteiger partial charge in [0, 0.05) is 24.7 Å². The largest absolute Gasteiger partial charge is 0.339 e. The molecule has 1 aliphatic heterocycles. The number of carbonyl (C=O) groups excluding carboxylic acids is 1. The summed E-state index contributed by atoms with van der Waals surface area (Å²) in [7, 11) is 0. The van der Waals surface area contributed by atoms with Gasteiger partial charge in [0.1, 0.15) is 0 Å². The molecule has 2 rings (SSSR count). The fourth-order valence-corrected chi connectivity index (χ4v) is 2.72. The summed E-state index contributed by atoms with van der Waals surface area (Å²) in [5, 5.41) is 10.7. The minimum Gasteiger partial charge on any atom is -0.339 e. The van der Waals surface area contributed by atoms with Crippen LogP contribution >= 0.6 is 12.4 Å². The van der Waals surface area contributed by atoms with Crippen LogP contribution in [0.5, 0.6) is 0 Å². The molecule has 1 aromatic carbocycles. The molecule has 21 heavy (non-hydrogen) atoms. The Morgan fingerprint density at radius 2 is 2.24 bits per heavy atom. The van der Waals surface area contributed by atoms with Gasteiger partial charge in [0.15, 0.2) is 0 Å². The van der Waals surface area contributed by atoms with Crippen molar-refractivity contribution in [3.05, 3.63) is 39.9 Å². The molecule has 7 heteroatoms. The van der Waals surface area contributed by atoms with E-state index in [2.05, 4.69) is 0 Å². The molecule has 6 nitrogen and oxygen atoms in total. The van der Waals surface area contributed by atoms with Crippen molar-refractivity contribution in [2.75, 3.05) is 13.1 Å². The van der Waals surface area contributed by atoms with Crippen LogP contribution < -0.4 is 5.73 Å². The lowest BCUT2D eigenvalue weighted by Gasteiger charge is -2.21. The number of rotatable bonds is 4. The highest BCUT2D eigenvalue weighted by Crippen LogP contribution is 2.23. The molecule has 0 bridgehead atoms. The number of nitro benzene ring substituents is 1. The van der Waals surface area contributed by atoms with Gasteiger partial charge in [-0.05, 0) is 31.4 Å². The maximum atomic E-state index is 12.3. The Labute approximate surface area is 129 Å². The first-order chi connectivity index (χ1) is 9.51. The van der Waals surface area contributed by atoms with Gasteiger partial charge in [0.25, 0.3) is 5.69 Å². The van der Waals surface area contributed by atoms with Crippen molar-refractivity contribution >= 4 is 24.0 Å². The predicted octanol–water partition coefficient (Wildman–Crippen LogP) is 1.75. The highest BCUT2D eigenvalue weighted by molar-refractivity contribution is 5.85. The standard InChI is InChI=1S/C14H19N3O3.ClH/c1-10-5-12(8-15)9-16(10)14(18)7-11-3-2-4-13(6-11)17(19)20;/h2-4,6,10,12H,5,7-9,15H2,1H3;1H. The third-order valence-electron chi connectivity index (χ3n) is 3.79. The Bertz CT molecular complexity index is 524. The van der Waals surface area contributed by atoms with Crippen molar-refractivity contribution in [2.24, 2.45) is 11.7 Å². The number of hydrogen-bond donors (Lipinski definition) is 1. The van der Waals surface area contributed by atoms with Crippen LogP contribution in [0.15, 0.2) is 24.3 Å². The second-order valence-corrected chi connectivity index (χ2v) is 5.34. The second kappa shape index (κ2) is 7.38. The van der Waals surface area contributed by atoms with E-state index in [0.29, 0.717) is 24.6 Å². The molecule has 116 valence electrons. The number of nitrogens with zero attached hydrogens (tertiary/aromatic N) is 2. The van der Waals surface area contributed by atoms with Gasteiger partial charge in [-0.1, -0.05) is 12.1 Å². The number of nitrogens with two attached hydrogens (primary N) is 1. The summed E-state index contributed by atoms with van der Waals surface area (Å²) in [6.45, 7) is 3.29. The van der Waals surface area contributed by atoms with E-state index >= 15 is 0 Å². The molecule has 0 spiro atoms. The van der Waals surface area contributed by atoms with Gasteiger partial charge in [0.05, 0.1) is 11.3 Å². The maximum Gasteiger partial charge on any atom is 0.269 e. The van der Waals surface area contributed by atoms with Crippen molar-refractivity contribution in [1.82, 2.24) is 4.90 Å². The van der Waals surface area contributed by atoms with Crippen LogP contribution in [0.3, 0.4) is 0 Å². The lowest BCUT2D eigenvalue weighted by Crippen LogP contribution is -2.35. The van der Waals surface area contributed by atoms with E-state index in [0.717, 1.165) is 6.42 Å². The minimum atomic E-state index is -0.448. The number of likely N-dealkylation sites (tertiary alicyclic amines) is 1. The van der Waals surface area contributed by atoms with Gasteiger partial charge in [-0.3, -0.25) is 14.9 Å². The van der Waals surface area contributed by atoms with Crippen LogP contribution in [0.2, 0.25) is 0 Å². The van der Waals surface area contributed by atoms with Crippen molar-refractivity contribution in [3.8, 4) is 0 Å². The Morgan fingerprint density at radius 3 is 2.81 bits per heavy atom. The number of halogens is 1. The average Bonchev–Trinajstić information content (AvgIpc) is 2.80. The number of amides is 1. The van der Waals surface area contributed by atoms with E-state index in [1.54, 1.807) is 12.1 Å². The molecule has 1 amide bonds. The van der Waals surface area contributed by atoms with Crippen molar-refractivity contribution in [2.45, 2.75) is 25.8 Å². The van der Waals surface area contributed by atoms with Gasteiger partial charge < -0.3 is 10.6 Å². The number of benzene rings is 1. The fourth-order valence-electron chi connectivity index (χ4n) is 2.72. The molecule has 2 atom stereocenters. The van der Waals surface area contributed by atoms with E-state index in [9.17, 15) is 14.9 Å². The summed E-state index contributed by atoms with van der Waals surface area (Å²) in [4.78, 5) is 24.4. The predicted molar refractivity (Wildman–Crippen MR) is 82.4 cm³/mol. The molecule has 2 N–H and O–H groups in total. The second-order valence-electron chi connectivity index (χ2n) is 5.34. The molecular weight excluding hydrogens is 294 g/mol. The van der Waals surface area contributed by atoms with Crippen LogP contribution in [0, 0.1) is 16.0 Å². The molecule has 1 heterocycles. The average molecular weight is 314 g/mol. The Morgan fingerprint density at radius 1 is 1.52 bits per heavy atom. The van der Waals surface area contributed by atoms with Crippen LogP contribution in [-0.4, -0.2) is 34.9 Å². The van der Waals surface area contributed by atoms with Crippen LogP contribution in [0.1, 0.15) is 18.9 Å². The van der Waals surface area contributed by atoms with Crippen LogP contribution in [0.4, 0.5) is 5.69 Å². The quantitative estimate of drug-likeness (QED) is 0.677. The molecule has 2 unspecified atom stereocenters. The normalized spacial score (nSPS) is 21.0. The van der Waals surface area contributed by atoms with E-state index in [1.807, 2.05) is 11.8 Å². The molecule has 1 aromatic rings. The first-order valence-electron chi connectivity index (χ1n) is 6.74. The Hall–Kier alpha value is -1.66. The lowest BCUT2D eigenvalue weighted by atomic mass is 10.1. The van der Waals surface area contributed by atoms with E-state index in [4.69, 9.17) is 5.73 Å². The molecule has 1 aliphatic rings. The zero-order valence-electron chi connectivity index (χ0n) is 11.9. The minimum absolute atomic E-state index is 0. The van der Waals surface area contributed by atoms with Gasteiger partial charge in [-0.2, -0.15) is 0 Å². The maximum absolute atomic E-state index is 12.3. The Balaban J connectivity index is 0.00000220. The highest BCUT2D eigenvalue weighted by atomic mass is 35.5. The third-order valence-corrected chi connectivity index (χ3v) is 3.79. The third kappa shape index (κ3) is 4.15. The molecular formula is C14H20ClN3O3. The van der Waals surface area contributed by atoms with Crippen molar-refractivity contribution in [3.63, 3.8) is 0 Å². The van der Waals surface area contributed by atoms with Crippen molar-refractivity contribution in [1.29, 1.82) is 0 Å². The summed E-state index contributed by atoms with van der Waals surface area (Å²) in [6, 6.07) is 6.42. The molecule has 0 aliphatic carbocycles. The fraction of sp³-hybridized carbons (Fsp3) is 0.500. The number of non-ortho nitro benzene ring substituents is 1. The van der Waals surface area contributed by atoms with E-state index < -0.39 is 4.92 Å². The lowest BCUT2D eigenvalue weighted by molar-refractivity contribution is -0.384. The van der Waals surface area contributed by atoms with Gasteiger partial charge >= 0.3 is 0 Å². The van der Waals surface area contributed by atoms with E-state index in [-0.39, 0.29) is 36.5 Å². The zero-order valence-corrected chi connectivity index (χ0v) is 12.7. The van der Waals surface area contributed by atoms with Crippen molar-refractivity contribution < 1.29 is 9.72 Å². The molecule has 1 fully saturated rings.